The molecule has 4 rings (SSSR count). The molecule has 33 heavy (non-hydrogen) atoms. The van der Waals surface area contributed by atoms with Gasteiger partial charge in [0.25, 0.3) is 5.91 Å². The van der Waals surface area contributed by atoms with Gasteiger partial charge < -0.3 is 9.30 Å². The standard InChI is InChI=1S/C27H23N3O3/c1-19-9-3-4-10-23(19)27(32)33-25-12-6-5-11-24(25)20(2)28-29-26(31)21-13-15-22(16-14-21)30-17-7-8-18-30/h3-18H,1-2H3,(H,29,31)/b28-20+. The number of hydrogen-bond donors (Lipinski definition) is 1. The summed E-state index contributed by atoms with van der Waals surface area (Å²) in [6.07, 6.45) is 3.87. The average molecular weight is 437 g/mol. The van der Waals surface area contributed by atoms with Crippen molar-refractivity contribution in [2.45, 2.75) is 13.8 Å². The Hall–Kier alpha value is -4.45. The molecule has 0 saturated carbocycles. The predicted molar refractivity (Wildman–Crippen MR) is 128 cm³/mol. The highest BCUT2D eigenvalue weighted by molar-refractivity contribution is 6.03. The third kappa shape index (κ3) is 5.07. The molecule has 0 aliphatic rings. The lowest BCUT2D eigenvalue weighted by molar-refractivity contribution is 0.0733. The van der Waals surface area contributed by atoms with Gasteiger partial charge in [0.1, 0.15) is 5.75 Å². The first-order valence-electron chi connectivity index (χ1n) is 10.5. The van der Waals surface area contributed by atoms with E-state index in [0.717, 1.165) is 11.3 Å². The second-order valence-electron chi connectivity index (χ2n) is 7.48. The van der Waals surface area contributed by atoms with Gasteiger partial charge in [-0.15, -0.1) is 0 Å². The van der Waals surface area contributed by atoms with Gasteiger partial charge in [0, 0.05) is 29.2 Å². The van der Waals surface area contributed by atoms with Crippen LogP contribution in [-0.4, -0.2) is 22.2 Å². The van der Waals surface area contributed by atoms with Gasteiger partial charge >= 0.3 is 5.97 Å². The summed E-state index contributed by atoms with van der Waals surface area (Å²) in [4.78, 5) is 25.2. The van der Waals surface area contributed by atoms with Crippen LogP contribution in [0.2, 0.25) is 0 Å². The molecule has 0 atom stereocenters. The fourth-order valence-electron chi connectivity index (χ4n) is 3.36. The highest BCUT2D eigenvalue weighted by Gasteiger charge is 2.15. The first-order chi connectivity index (χ1) is 16.0. The zero-order valence-electron chi connectivity index (χ0n) is 18.4. The summed E-state index contributed by atoms with van der Waals surface area (Å²) in [6.45, 7) is 3.60. The Kier molecular flexibility index (Phi) is 6.45. The number of hydrazone groups is 1. The number of carbonyl (C=O) groups is 2. The van der Waals surface area contributed by atoms with Crippen molar-refractivity contribution in [3.05, 3.63) is 120 Å². The number of nitrogens with zero attached hydrogens (tertiary/aromatic N) is 2. The molecule has 1 amide bonds. The Morgan fingerprint density at radius 1 is 0.818 bits per heavy atom. The van der Waals surface area contributed by atoms with Gasteiger partial charge in [0.2, 0.25) is 0 Å². The maximum atomic E-state index is 12.6. The van der Waals surface area contributed by atoms with Crippen LogP contribution >= 0.6 is 0 Å². The number of esters is 1. The monoisotopic (exact) mass is 437 g/mol. The Bertz CT molecular complexity index is 1310. The highest BCUT2D eigenvalue weighted by atomic mass is 16.5. The van der Waals surface area contributed by atoms with E-state index in [1.54, 1.807) is 49.4 Å². The lowest BCUT2D eigenvalue weighted by Gasteiger charge is -2.11. The molecule has 0 aliphatic heterocycles. The van der Waals surface area contributed by atoms with Crippen molar-refractivity contribution >= 4 is 17.6 Å². The van der Waals surface area contributed by atoms with Crippen molar-refractivity contribution in [1.29, 1.82) is 0 Å². The molecule has 0 radical (unpaired) electrons. The van der Waals surface area contributed by atoms with Crippen molar-refractivity contribution < 1.29 is 14.3 Å². The molecule has 1 N–H and O–H groups in total. The van der Waals surface area contributed by atoms with Gasteiger partial charge in [-0.2, -0.15) is 5.10 Å². The third-order valence-electron chi connectivity index (χ3n) is 5.20. The number of ether oxygens (including phenoxy) is 1. The Balaban J connectivity index is 1.47. The first kappa shape index (κ1) is 21.8. The van der Waals surface area contributed by atoms with E-state index in [1.807, 2.05) is 66.3 Å². The molecule has 6 nitrogen and oxygen atoms in total. The number of nitrogens with one attached hydrogen (secondary N) is 1. The van der Waals surface area contributed by atoms with E-state index >= 15 is 0 Å². The number of carbonyl (C=O) groups excluding carboxylic acids is 2. The smallest absolute Gasteiger partial charge is 0.343 e. The van der Waals surface area contributed by atoms with E-state index in [0.29, 0.717) is 28.2 Å². The van der Waals surface area contributed by atoms with Crippen molar-refractivity contribution in [3.63, 3.8) is 0 Å². The van der Waals surface area contributed by atoms with Gasteiger partial charge in [-0.1, -0.05) is 30.3 Å². The van der Waals surface area contributed by atoms with Crippen LogP contribution in [0, 0.1) is 6.92 Å². The number of hydrogen-bond acceptors (Lipinski definition) is 4. The van der Waals surface area contributed by atoms with Crippen LogP contribution in [0.5, 0.6) is 5.75 Å². The molecule has 6 heteroatoms. The van der Waals surface area contributed by atoms with Crippen LogP contribution in [0.25, 0.3) is 5.69 Å². The fraction of sp³-hybridized carbons (Fsp3) is 0.0741. The second-order valence-corrected chi connectivity index (χ2v) is 7.48. The first-order valence-corrected chi connectivity index (χ1v) is 10.5. The summed E-state index contributed by atoms with van der Waals surface area (Å²) in [5.41, 5.74) is 6.48. The number of aromatic nitrogens is 1. The summed E-state index contributed by atoms with van der Waals surface area (Å²) >= 11 is 0. The van der Waals surface area contributed by atoms with E-state index in [9.17, 15) is 9.59 Å². The molecule has 164 valence electrons. The van der Waals surface area contributed by atoms with Crippen LogP contribution in [-0.2, 0) is 0 Å². The Morgan fingerprint density at radius 3 is 2.15 bits per heavy atom. The zero-order valence-corrected chi connectivity index (χ0v) is 18.4. The molecule has 0 saturated heterocycles. The van der Waals surface area contributed by atoms with E-state index in [4.69, 9.17) is 4.74 Å². The van der Waals surface area contributed by atoms with E-state index in [2.05, 4.69) is 10.5 Å². The van der Waals surface area contributed by atoms with Crippen molar-refractivity contribution in [3.8, 4) is 11.4 Å². The van der Waals surface area contributed by atoms with E-state index in [-0.39, 0.29) is 5.91 Å². The lowest BCUT2D eigenvalue weighted by atomic mass is 10.1. The van der Waals surface area contributed by atoms with Crippen LogP contribution in [0.4, 0.5) is 0 Å². The molecule has 0 bridgehead atoms. The maximum absolute atomic E-state index is 12.6. The molecule has 4 aromatic rings. The number of rotatable bonds is 6. The van der Waals surface area contributed by atoms with Gasteiger partial charge in [0.15, 0.2) is 0 Å². The summed E-state index contributed by atoms with van der Waals surface area (Å²) in [7, 11) is 0. The van der Waals surface area contributed by atoms with E-state index < -0.39 is 5.97 Å². The molecule has 0 aliphatic carbocycles. The van der Waals surface area contributed by atoms with Crippen molar-refractivity contribution in [1.82, 2.24) is 9.99 Å². The predicted octanol–water partition coefficient (Wildman–Crippen LogP) is 5.16. The molecule has 0 unspecified atom stereocenters. The lowest BCUT2D eigenvalue weighted by Crippen LogP contribution is -2.20. The van der Waals surface area contributed by atoms with Gasteiger partial charge in [-0.25, -0.2) is 10.2 Å². The van der Waals surface area contributed by atoms with Crippen LogP contribution in [0.1, 0.15) is 38.8 Å². The van der Waals surface area contributed by atoms with Crippen LogP contribution < -0.4 is 10.2 Å². The Morgan fingerprint density at radius 2 is 1.45 bits per heavy atom. The number of benzene rings is 3. The molecular formula is C27H23N3O3. The van der Waals surface area contributed by atoms with Gasteiger partial charge in [0.05, 0.1) is 11.3 Å². The minimum Gasteiger partial charge on any atom is -0.422 e. The largest absolute Gasteiger partial charge is 0.422 e. The summed E-state index contributed by atoms with van der Waals surface area (Å²) in [5.74, 6) is -0.403. The number of aryl methyl sites for hydroxylation is 1. The van der Waals surface area contributed by atoms with Crippen LogP contribution in [0.15, 0.2) is 102 Å². The molecule has 3 aromatic carbocycles. The summed E-state index contributed by atoms with van der Waals surface area (Å²) < 4.78 is 7.60. The molecular weight excluding hydrogens is 414 g/mol. The normalized spacial score (nSPS) is 11.2. The molecule has 1 aromatic heterocycles. The molecule has 1 heterocycles. The molecule has 0 spiro atoms. The number of para-hydroxylation sites is 1. The topological polar surface area (TPSA) is 72.7 Å². The summed E-state index contributed by atoms with van der Waals surface area (Å²) in [5, 5.41) is 4.22. The fourth-order valence-corrected chi connectivity index (χ4v) is 3.36. The minimum absolute atomic E-state index is 0.331. The number of amides is 1. The Labute approximate surface area is 192 Å². The second kappa shape index (κ2) is 9.78. The SMILES string of the molecule is C/C(=N\NC(=O)c1ccc(-n2cccc2)cc1)c1ccccc1OC(=O)c1ccccc1C. The van der Waals surface area contributed by atoms with E-state index in [1.165, 1.54) is 0 Å². The third-order valence-corrected chi connectivity index (χ3v) is 5.20. The summed E-state index contributed by atoms with van der Waals surface area (Å²) in [6, 6.07) is 25.4. The van der Waals surface area contributed by atoms with Gasteiger partial charge in [-0.3, -0.25) is 4.79 Å². The average Bonchev–Trinajstić information content (AvgIpc) is 3.38. The maximum Gasteiger partial charge on any atom is 0.343 e. The van der Waals surface area contributed by atoms with Crippen molar-refractivity contribution in [2.75, 3.05) is 0 Å². The highest BCUT2D eigenvalue weighted by Crippen LogP contribution is 2.21. The zero-order chi connectivity index (χ0) is 23.2. The molecule has 0 fully saturated rings. The van der Waals surface area contributed by atoms with Gasteiger partial charge in [-0.05, 0) is 74.0 Å². The quantitative estimate of drug-likeness (QED) is 0.196. The van der Waals surface area contributed by atoms with Crippen LogP contribution in [0.3, 0.4) is 0 Å². The minimum atomic E-state index is -0.444. The van der Waals surface area contributed by atoms with Crippen molar-refractivity contribution in [2.24, 2.45) is 5.10 Å².